The molecular weight excluding hydrogens is 266 g/mol. The number of carbonyl (C=O) groups excluding carboxylic acids is 1. The molecule has 5 nitrogen and oxygen atoms in total. The molecule has 19 heavy (non-hydrogen) atoms. The summed E-state index contributed by atoms with van der Waals surface area (Å²) >= 11 is 6.04. The zero-order valence-electron chi connectivity index (χ0n) is 11.1. The van der Waals surface area contributed by atoms with E-state index in [-0.39, 0.29) is 11.0 Å². The van der Waals surface area contributed by atoms with E-state index >= 15 is 0 Å². The summed E-state index contributed by atoms with van der Waals surface area (Å²) in [6.07, 6.45) is 2.05. The summed E-state index contributed by atoms with van der Waals surface area (Å²) in [5.74, 6) is 0.236. The maximum atomic E-state index is 11.7. The lowest BCUT2D eigenvalue weighted by Gasteiger charge is -2.19. The Kier molecular flexibility index (Phi) is 5.58. The SMILES string of the molecule is COC(=O)C(CC(C)C)Nc1nccc(C#N)c1Cl. The second-order valence-corrected chi connectivity index (χ2v) is 4.86. The standard InChI is InChI=1S/C13H16ClN3O2/c1-8(2)6-10(13(18)19-3)17-12-11(14)9(7-15)4-5-16-12/h4-5,8,10H,6H2,1-3H3,(H,16,17). The minimum atomic E-state index is -0.538. The van der Waals surface area contributed by atoms with Gasteiger partial charge >= 0.3 is 5.97 Å². The van der Waals surface area contributed by atoms with Crippen LogP contribution in [0.2, 0.25) is 5.02 Å². The molecule has 0 amide bonds. The maximum absolute atomic E-state index is 11.7. The predicted molar refractivity (Wildman–Crippen MR) is 72.8 cm³/mol. The number of rotatable bonds is 5. The molecule has 1 N–H and O–H groups in total. The number of methoxy groups -OCH3 is 1. The van der Waals surface area contributed by atoms with Crippen LogP contribution in [0.1, 0.15) is 25.8 Å². The van der Waals surface area contributed by atoms with Gasteiger partial charge in [0.25, 0.3) is 0 Å². The number of ether oxygens (including phenoxy) is 1. The molecule has 6 heteroatoms. The second-order valence-electron chi connectivity index (χ2n) is 4.48. The van der Waals surface area contributed by atoms with Crippen molar-refractivity contribution in [1.29, 1.82) is 5.26 Å². The molecule has 0 saturated heterocycles. The zero-order valence-corrected chi connectivity index (χ0v) is 11.9. The maximum Gasteiger partial charge on any atom is 0.328 e. The van der Waals surface area contributed by atoms with Crippen LogP contribution in [0.3, 0.4) is 0 Å². The molecule has 0 aliphatic rings. The average Bonchev–Trinajstić information content (AvgIpc) is 2.38. The molecule has 1 heterocycles. The third-order valence-electron chi connectivity index (χ3n) is 2.51. The van der Waals surface area contributed by atoms with Gasteiger partial charge in [0.1, 0.15) is 23.0 Å². The molecule has 1 aromatic heterocycles. The first-order valence-corrected chi connectivity index (χ1v) is 6.26. The van der Waals surface area contributed by atoms with Crippen molar-refractivity contribution in [1.82, 2.24) is 4.98 Å². The Morgan fingerprint density at radius 3 is 2.84 bits per heavy atom. The number of nitriles is 1. The van der Waals surface area contributed by atoms with Crippen LogP contribution in [0.4, 0.5) is 5.82 Å². The Hall–Kier alpha value is -1.80. The van der Waals surface area contributed by atoms with Gasteiger partial charge in [-0.15, -0.1) is 0 Å². The van der Waals surface area contributed by atoms with Crippen molar-refractivity contribution in [2.24, 2.45) is 5.92 Å². The van der Waals surface area contributed by atoms with Crippen LogP contribution in [0.5, 0.6) is 0 Å². The van der Waals surface area contributed by atoms with Crippen LogP contribution in [-0.4, -0.2) is 24.1 Å². The van der Waals surface area contributed by atoms with Gasteiger partial charge in [0.05, 0.1) is 12.7 Å². The highest BCUT2D eigenvalue weighted by Gasteiger charge is 2.22. The summed E-state index contributed by atoms with van der Waals surface area (Å²) in [6, 6.07) is 2.94. The molecule has 0 bridgehead atoms. The minimum absolute atomic E-state index is 0.211. The Morgan fingerprint density at radius 1 is 1.63 bits per heavy atom. The molecule has 102 valence electrons. The quantitative estimate of drug-likeness (QED) is 0.840. The number of halogens is 1. The molecule has 1 unspecified atom stereocenters. The Labute approximate surface area is 117 Å². The van der Waals surface area contributed by atoms with E-state index in [1.807, 2.05) is 19.9 Å². The van der Waals surface area contributed by atoms with Gasteiger partial charge in [-0.05, 0) is 18.4 Å². The fourth-order valence-electron chi connectivity index (χ4n) is 1.62. The topological polar surface area (TPSA) is 75.0 Å². The summed E-state index contributed by atoms with van der Waals surface area (Å²) in [5, 5.41) is 12.0. The van der Waals surface area contributed by atoms with Gasteiger partial charge in [0.2, 0.25) is 0 Å². The monoisotopic (exact) mass is 281 g/mol. The summed E-state index contributed by atoms with van der Waals surface area (Å²) in [5.41, 5.74) is 0.312. The molecule has 1 atom stereocenters. The highest BCUT2D eigenvalue weighted by atomic mass is 35.5. The molecule has 0 aromatic carbocycles. The van der Waals surface area contributed by atoms with E-state index in [0.29, 0.717) is 23.7 Å². The molecule has 0 aliphatic heterocycles. The van der Waals surface area contributed by atoms with Crippen LogP contribution in [-0.2, 0) is 9.53 Å². The molecule has 0 saturated carbocycles. The molecule has 0 aliphatic carbocycles. The second kappa shape index (κ2) is 6.95. The first-order chi connectivity index (χ1) is 8.99. The number of esters is 1. The minimum Gasteiger partial charge on any atom is -0.467 e. The van der Waals surface area contributed by atoms with Gasteiger partial charge in [0, 0.05) is 6.20 Å². The largest absolute Gasteiger partial charge is 0.467 e. The molecule has 0 spiro atoms. The fraction of sp³-hybridized carbons (Fsp3) is 0.462. The third kappa shape index (κ3) is 4.11. The number of hydrogen-bond donors (Lipinski definition) is 1. The van der Waals surface area contributed by atoms with E-state index in [0.717, 1.165) is 0 Å². The van der Waals surface area contributed by atoms with E-state index in [9.17, 15) is 4.79 Å². The Balaban J connectivity index is 2.97. The highest BCUT2D eigenvalue weighted by molar-refractivity contribution is 6.34. The summed E-state index contributed by atoms with van der Waals surface area (Å²) < 4.78 is 4.74. The number of anilines is 1. The molecule has 1 aromatic rings. The first kappa shape index (κ1) is 15.3. The number of pyridine rings is 1. The Morgan fingerprint density at radius 2 is 2.32 bits per heavy atom. The zero-order chi connectivity index (χ0) is 14.4. The van der Waals surface area contributed by atoms with Gasteiger partial charge in [-0.1, -0.05) is 25.4 Å². The highest BCUT2D eigenvalue weighted by Crippen LogP contribution is 2.24. The van der Waals surface area contributed by atoms with Crippen LogP contribution in [0.15, 0.2) is 12.3 Å². The van der Waals surface area contributed by atoms with Crippen molar-refractivity contribution in [2.75, 3.05) is 12.4 Å². The summed E-state index contributed by atoms with van der Waals surface area (Å²) in [6.45, 7) is 4.00. The van der Waals surface area contributed by atoms with Crippen LogP contribution < -0.4 is 5.32 Å². The Bertz CT molecular complexity index is 497. The normalized spacial score (nSPS) is 11.8. The van der Waals surface area contributed by atoms with Crippen LogP contribution in [0, 0.1) is 17.2 Å². The number of aromatic nitrogens is 1. The van der Waals surface area contributed by atoms with E-state index in [2.05, 4.69) is 10.3 Å². The number of hydrogen-bond acceptors (Lipinski definition) is 5. The van der Waals surface area contributed by atoms with Crippen molar-refractivity contribution >= 4 is 23.4 Å². The summed E-state index contributed by atoms with van der Waals surface area (Å²) in [4.78, 5) is 15.7. The van der Waals surface area contributed by atoms with E-state index in [1.165, 1.54) is 19.4 Å². The van der Waals surface area contributed by atoms with Crippen molar-refractivity contribution < 1.29 is 9.53 Å². The van der Waals surface area contributed by atoms with Gasteiger partial charge in [-0.2, -0.15) is 5.26 Å². The lowest BCUT2D eigenvalue weighted by Crippen LogP contribution is -2.32. The first-order valence-electron chi connectivity index (χ1n) is 5.88. The lowest BCUT2D eigenvalue weighted by atomic mass is 10.0. The molecular formula is C13H16ClN3O2. The average molecular weight is 282 g/mol. The number of nitrogens with one attached hydrogen (secondary N) is 1. The van der Waals surface area contributed by atoms with Crippen molar-refractivity contribution in [3.05, 3.63) is 22.8 Å². The smallest absolute Gasteiger partial charge is 0.328 e. The van der Waals surface area contributed by atoms with Gasteiger partial charge in [-0.25, -0.2) is 9.78 Å². The number of carbonyl (C=O) groups is 1. The molecule has 0 fully saturated rings. The molecule has 1 rings (SSSR count). The predicted octanol–water partition coefficient (Wildman–Crippen LogP) is 2.61. The van der Waals surface area contributed by atoms with Gasteiger partial charge in [-0.3, -0.25) is 0 Å². The fourth-order valence-corrected chi connectivity index (χ4v) is 1.83. The van der Waals surface area contributed by atoms with Gasteiger partial charge < -0.3 is 10.1 Å². The molecule has 0 radical (unpaired) electrons. The van der Waals surface area contributed by atoms with Crippen molar-refractivity contribution in [3.63, 3.8) is 0 Å². The number of nitrogens with zero attached hydrogens (tertiary/aromatic N) is 2. The van der Waals surface area contributed by atoms with Gasteiger partial charge in [0.15, 0.2) is 0 Å². The van der Waals surface area contributed by atoms with Crippen LogP contribution in [0.25, 0.3) is 0 Å². The van der Waals surface area contributed by atoms with E-state index in [1.54, 1.807) is 0 Å². The lowest BCUT2D eigenvalue weighted by molar-refractivity contribution is -0.141. The van der Waals surface area contributed by atoms with Crippen molar-refractivity contribution in [3.8, 4) is 6.07 Å². The summed E-state index contributed by atoms with van der Waals surface area (Å²) in [7, 11) is 1.33. The van der Waals surface area contributed by atoms with Crippen molar-refractivity contribution in [2.45, 2.75) is 26.3 Å². The van der Waals surface area contributed by atoms with E-state index in [4.69, 9.17) is 21.6 Å². The third-order valence-corrected chi connectivity index (χ3v) is 2.90. The van der Waals surface area contributed by atoms with Crippen LogP contribution >= 0.6 is 11.6 Å². The van der Waals surface area contributed by atoms with E-state index < -0.39 is 6.04 Å².